The van der Waals surface area contributed by atoms with E-state index in [9.17, 15) is 5.11 Å². The Labute approximate surface area is 111 Å². The molecule has 0 fully saturated rings. The van der Waals surface area contributed by atoms with E-state index >= 15 is 0 Å². The van der Waals surface area contributed by atoms with Crippen molar-refractivity contribution in [2.45, 2.75) is 12.0 Å². The summed E-state index contributed by atoms with van der Waals surface area (Å²) >= 11 is 6.12. The molecule has 1 unspecified atom stereocenters. The second-order valence-electron chi connectivity index (χ2n) is 4.04. The average Bonchev–Trinajstić information content (AvgIpc) is 2.40. The van der Waals surface area contributed by atoms with Crippen molar-refractivity contribution < 1.29 is 5.11 Å². The predicted octanol–water partition coefficient (Wildman–Crippen LogP) is 3.49. The molecule has 18 heavy (non-hydrogen) atoms. The highest BCUT2D eigenvalue weighted by Gasteiger charge is 2.33. The van der Waals surface area contributed by atoms with Crippen LogP contribution in [0.1, 0.15) is 17.5 Å². The van der Waals surface area contributed by atoms with Crippen LogP contribution in [0.2, 0.25) is 5.02 Å². The molecule has 90 valence electrons. The molecule has 0 aliphatic carbocycles. The Morgan fingerprint density at radius 2 is 1.67 bits per heavy atom. The molecule has 0 amide bonds. The van der Waals surface area contributed by atoms with E-state index in [2.05, 4.69) is 0 Å². The molecule has 0 heterocycles. The molecule has 0 saturated carbocycles. The highest BCUT2D eigenvalue weighted by Crippen LogP contribution is 2.36. The van der Waals surface area contributed by atoms with Gasteiger partial charge in [0.15, 0.2) is 0 Å². The quantitative estimate of drug-likeness (QED) is 0.915. The fourth-order valence-corrected chi connectivity index (χ4v) is 2.27. The molecule has 0 spiro atoms. The Morgan fingerprint density at radius 3 is 2.28 bits per heavy atom. The molecule has 2 aromatic rings. The van der Waals surface area contributed by atoms with Crippen LogP contribution in [0.4, 0.5) is 0 Å². The van der Waals surface area contributed by atoms with Crippen LogP contribution in [-0.4, -0.2) is 5.11 Å². The molecule has 1 atom stereocenters. The van der Waals surface area contributed by atoms with Gasteiger partial charge in [-0.15, -0.1) is 0 Å². The number of nitriles is 1. The number of halogens is 1. The van der Waals surface area contributed by atoms with Gasteiger partial charge in [0, 0.05) is 10.6 Å². The lowest BCUT2D eigenvalue weighted by Crippen LogP contribution is -2.27. The lowest BCUT2D eigenvalue weighted by atomic mass is 9.84. The first-order chi connectivity index (χ1) is 8.68. The molecule has 0 aromatic heterocycles. The molecule has 2 nitrogen and oxygen atoms in total. The van der Waals surface area contributed by atoms with E-state index in [1.807, 2.05) is 24.3 Å². The normalized spacial score (nSPS) is 13.6. The number of hydrogen-bond donors (Lipinski definition) is 1. The van der Waals surface area contributed by atoms with Gasteiger partial charge in [0.25, 0.3) is 0 Å². The molecule has 0 bridgehead atoms. The standard InChI is InChI=1S/C15H12ClNO/c16-14-9-5-4-8-13(14)15(18,10-11-17)12-6-2-1-3-7-12/h1-9,18H,10H2. The highest BCUT2D eigenvalue weighted by molar-refractivity contribution is 6.31. The van der Waals surface area contributed by atoms with Crippen LogP contribution in [0.25, 0.3) is 0 Å². The fraction of sp³-hybridized carbons (Fsp3) is 0.133. The van der Waals surface area contributed by atoms with E-state index in [1.54, 1.807) is 36.4 Å². The maximum atomic E-state index is 10.8. The summed E-state index contributed by atoms with van der Waals surface area (Å²) < 4.78 is 0. The van der Waals surface area contributed by atoms with Gasteiger partial charge in [0.1, 0.15) is 5.60 Å². The lowest BCUT2D eigenvalue weighted by Gasteiger charge is -2.27. The number of nitrogens with zero attached hydrogens (tertiary/aromatic N) is 1. The van der Waals surface area contributed by atoms with Crippen molar-refractivity contribution in [2.75, 3.05) is 0 Å². The Balaban J connectivity index is 2.59. The van der Waals surface area contributed by atoms with Crippen LogP contribution in [0.5, 0.6) is 0 Å². The van der Waals surface area contributed by atoms with Crippen LogP contribution in [-0.2, 0) is 5.60 Å². The molecule has 0 aliphatic heterocycles. The summed E-state index contributed by atoms with van der Waals surface area (Å²) in [6.07, 6.45) is -0.0409. The first kappa shape index (κ1) is 12.6. The number of hydrogen-bond acceptors (Lipinski definition) is 2. The van der Waals surface area contributed by atoms with Crippen molar-refractivity contribution in [3.05, 3.63) is 70.7 Å². The number of benzene rings is 2. The van der Waals surface area contributed by atoms with E-state index in [1.165, 1.54) is 0 Å². The second-order valence-corrected chi connectivity index (χ2v) is 4.45. The molecule has 3 heteroatoms. The highest BCUT2D eigenvalue weighted by atomic mass is 35.5. The van der Waals surface area contributed by atoms with Crippen LogP contribution < -0.4 is 0 Å². The Kier molecular flexibility index (Phi) is 3.66. The summed E-state index contributed by atoms with van der Waals surface area (Å²) in [6, 6.07) is 18.2. The first-order valence-corrected chi connectivity index (χ1v) is 5.96. The Hall–Kier alpha value is -1.82. The zero-order valence-corrected chi connectivity index (χ0v) is 10.4. The van der Waals surface area contributed by atoms with Gasteiger partial charge in [-0.2, -0.15) is 5.26 Å². The van der Waals surface area contributed by atoms with E-state index in [-0.39, 0.29) is 6.42 Å². The lowest BCUT2D eigenvalue weighted by molar-refractivity contribution is 0.0861. The van der Waals surface area contributed by atoms with Crippen LogP contribution in [0.15, 0.2) is 54.6 Å². The summed E-state index contributed by atoms with van der Waals surface area (Å²) in [5.41, 5.74) is -0.145. The predicted molar refractivity (Wildman–Crippen MR) is 71.1 cm³/mol. The third-order valence-corrected chi connectivity index (χ3v) is 3.24. The molecule has 2 aromatic carbocycles. The topological polar surface area (TPSA) is 44.0 Å². The minimum atomic E-state index is -1.37. The van der Waals surface area contributed by atoms with Crippen LogP contribution in [0, 0.1) is 11.3 Å². The monoisotopic (exact) mass is 257 g/mol. The van der Waals surface area contributed by atoms with Crippen molar-refractivity contribution in [1.82, 2.24) is 0 Å². The van der Waals surface area contributed by atoms with E-state index < -0.39 is 5.60 Å². The smallest absolute Gasteiger partial charge is 0.129 e. The summed E-state index contributed by atoms with van der Waals surface area (Å²) in [6.45, 7) is 0. The minimum Gasteiger partial charge on any atom is -0.379 e. The van der Waals surface area contributed by atoms with E-state index in [4.69, 9.17) is 16.9 Å². The van der Waals surface area contributed by atoms with Gasteiger partial charge in [-0.3, -0.25) is 0 Å². The molecule has 0 aliphatic rings. The summed E-state index contributed by atoms with van der Waals surface area (Å²) in [5.74, 6) is 0. The third kappa shape index (κ3) is 2.24. The maximum absolute atomic E-state index is 10.8. The molecule has 0 radical (unpaired) electrons. The van der Waals surface area contributed by atoms with Gasteiger partial charge in [0.05, 0.1) is 12.5 Å². The SMILES string of the molecule is N#CCC(O)(c1ccccc1)c1ccccc1Cl. The van der Waals surface area contributed by atoms with Gasteiger partial charge >= 0.3 is 0 Å². The van der Waals surface area contributed by atoms with Crippen molar-refractivity contribution in [2.24, 2.45) is 0 Å². The Morgan fingerprint density at radius 1 is 1.06 bits per heavy atom. The zero-order valence-electron chi connectivity index (χ0n) is 9.68. The molecule has 2 rings (SSSR count). The number of rotatable bonds is 3. The molecule has 1 N–H and O–H groups in total. The number of aliphatic hydroxyl groups is 1. The van der Waals surface area contributed by atoms with Gasteiger partial charge in [-0.25, -0.2) is 0 Å². The zero-order chi connectivity index (χ0) is 13.0. The van der Waals surface area contributed by atoms with E-state index in [0.717, 1.165) is 0 Å². The second kappa shape index (κ2) is 5.22. The van der Waals surface area contributed by atoms with Gasteiger partial charge in [-0.05, 0) is 11.6 Å². The summed E-state index contributed by atoms with van der Waals surface area (Å²) in [4.78, 5) is 0. The maximum Gasteiger partial charge on any atom is 0.129 e. The minimum absolute atomic E-state index is 0.0409. The molecule has 0 saturated heterocycles. The van der Waals surface area contributed by atoms with Crippen molar-refractivity contribution >= 4 is 11.6 Å². The van der Waals surface area contributed by atoms with Crippen LogP contribution in [0.3, 0.4) is 0 Å². The molecular weight excluding hydrogens is 246 g/mol. The van der Waals surface area contributed by atoms with Gasteiger partial charge in [0.2, 0.25) is 0 Å². The fourth-order valence-electron chi connectivity index (χ4n) is 1.98. The first-order valence-electron chi connectivity index (χ1n) is 5.58. The third-order valence-electron chi connectivity index (χ3n) is 2.91. The van der Waals surface area contributed by atoms with E-state index in [0.29, 0.717) is 16.1 Å². The van der Waals surface area contributed by atoms with Crippen molar-refractivity contribution in [1.29, 1.82) is 5.26 Å². The van der Waals surface area contributed by atoms with Crippen molar-refractivity contribution in [3.63, 3.8) is 0 Å². The molecular formula is C15H12ClNO. The summed E-state index contributed by atoms with van der Waals surface area (Å²) in [5, 5.41) is 20.2. The Bertz CT molecular complexity index is 577. The average molecular weight is 258 g/mol. The van der Waals surface area contributed by atoms with Gasteiger partial charge < -0.3 is 5.11 Å². The summed E-state index contributed by atoms with van der Waals surface area (Å²) in [7, 11) is 0. The van der Waals surface area contributed by atoms with Crippen molar-refractivity contribution in [3.8, 4) is 6.07 Å². The van der Waals surface area contributed by atoms with Gasteiger partial charge in [-0.1, -0.05) is 60.1 Å². The largest absolute Gasteiger partial charge is 0.379 e. The van der Waals surface area contributed by atoms with Crippen LogP contribution >= 0.6 is 11.6 Å².